The molecule has 0 aliphatic rings. The second-order valence-corrected chi connectivity index (χ2v) is 4.88. The Bertz CT molecular complexity index is 684. The molecule has 0 radical (unpaired) electrons. The predicted molar refractivity (Wildman–Crippen MR) is 81.6 cm³/mol. The highest BCUT2D eigenvalue weighted by atomic mass is 19.1. The van der Waals surface area contributed by atoms with E-state index in [9.17, 15) is 14.0 Å². The zero-order valence-electron chi connectivity index (χ0n) is 12.3. The van der Waals surface area contributed by atoms with Gasteiger partial charge in [0.25, 0.3) is 5.91 Å². The molecule has 1 amide bonds. The van der Waals surface area contributed by atoms with Crippen LogP contribution in [0.4, 0.5) is 10.2 Å². The molecule has 0 saturated carbocycles. The molecule has 114 valence electrons. The number of halogens is 1. The van der Waals surface area contributed by atoms with Crippen molar-refractivity contribution >= 4 is 17.5 Å². The number of nitrogens with one attached hydrogen (secondary N) is 1. The highest BCUT2D eigenvalue weighted by Crippen LogP contribution is 2.14. The Balaban J connectivity index is 2.04. The molecule has 0 bridgehead atoms. The lowest BCUT2D eigenvalue weighted by Crippen LogP contribution is -2.31. The average molecular weight is 301 g/mol. The molecule has 1 heterocycles. The Morgan fingerprint density at radius 1 is 1.18 bits per heavy atom. The molecule has 2 aromatic rings. The van der Waals surface area contributed by atoms with Gasteiger partial charge in [0.2, 0.25) is 0 Å². The standard InChI is InChI=1S/C16H16FN3O2/c1-20(2)15-13(4-3-9-18-15)16(22)19-10-14(21)11-5-7-12(17)8-6-11/h3-9H,10H2,1-2H3,(H,19,22). The molecule has 5 nitrogen and oxygen atoms in total. The Labute approximate surface area is 127 Å². The van der Waals surface area contributed by atoms with Gasteiger partial charge >= 0.3 is 0 Å². The molecular weight excluding hydrogens is 285 g/mol. The van der Waals surface area contributed by atoms with E-state index in [0.717, 1.165) is 0 Å². The molecule has 0 spiro atoms. The average Bonchev–Trinajstić information content (AvgIpc) is 2.53. The number of pyridine rings is 1. The number of ketones is 1. The molecular formula is C16H16FN3O2. The minimum Gasteiger partial charge on any atom is -0.362 e. The van der Waals surface area contributed by atoms with Crippen LogP contribution in [0.2, 0.25) is 0 Å². The highest BCUT2D eigenvalue weighted by Gasteiger charge is 2.15. The van der Waals surface area contributed by atoms with Crippen LogP contribution in [0.25, 0.3) is 0 Å². The van der Waals surface area contributed by atoms with E-state index >= 15 is 0 Å². The van der Waals surface area contributed by atoms with Crippen molar-refractivity contribution in [1.29, 1.82) is 0 Å². The van der Waals surface area contributed by atoms with Gasteiger partial charge in [-0.3, -0.25) is 9.59 Å². The summed E-state index contributed by atoms with van der Waals surface area (Å²) >= 11 is 0. The van der Waals surface area contributed by atoms with Gasteiger partial charge in [-0.25, -0.2) is 9.37 Å². The van der Waals surface area contributed by atoms with Crippen LogP contribution in [0.15, 0.2) is 42.6 Å². The maximum Gasteiger partial charge on any atom is 0.255 e. The van der Waals surface area contributed by atoms with Crippen LogP contribution < -0.4 is 10.2 Å². The number of rotatable bonds is 5. The van der Waals surface area contributed by atoms with Gasteiger partial charge in [0, 0.05) is 25.9 Å². The molecule has 0 aliphatic carbocycles. The van der Waals surface area contributed by atoms with E-state index in [-0.39, 0.29) is 18.2 Å². The quantitative estimate of drug-likeness (QED) is 0.857. The van der Waals surface area contributed by atoms with Gasteiger partial charge in [-0.15, -0.1) is 0 Å². The lowest BCUT2D eigenvalue weighted by Gasteiger charge is -2.15. The maximum atomic E-state index is 12.8. The van der Waals surface area contributed by atoms with Crippen LogP contribution in [0.5, 0.6) is 0 Å². The second-order valence-electron chi connectivity index (χ2n) is 4.88. The monoisotopic (exact) mass is 301 g/mol. The summed E-state index contributed by atoms with van der Waals surface area (Å²) in [6, 6.07) is 8.49. The Morgan fingerprint density at radius 2 is 1.86 bits per heavy atom. The summed E-state index contributed by atoms with van der Waals surface area (Å²) in [7, 11) is 3.56. The summed E-state index contributed by atoms with van der Waals surface area (Å²) in [6.45, 7) is -0.160. The van der Waals surface area contributed by atoms with Gasteiger partial charge < -0.3 is 10.2 Å². The van der Waals surface area contributed by atoms with E-state index in [1.165, 1.54) is 24.3 Å². The van der Waals surface area contributed by atoms with Crippen molar-refractivity contribution in [1.82, 2.24) is 10.3 Å². The highest BCUT2D eigenvalue weighted by molar-refractivity contribution is 6.03. The molecule has 0 aliphatic heterocycles. The fraction of sp³-hybridized carbons (Fsp3) is 0.188. The lowest BCUT2D eigenvalue weighted by atomic mass is 10.1. The Morgan fingerprint density at radius 3 is 2.50 bits per heavy atom. The van der Waals surface area contributed by atoms with Crippen LogP contribution in [-0.4, -0.2) is 37.3 Å². The second kappa shape index (κ2) is 6.80. The molecule has 22 heavy (non-hydrogen) atoms. The van der Waals surface area contributed by atoms with E-state index in [4.69, 9.17) is 0 Å². The minimum absolute atomic E-state index is 0.160. The van der Waals surface area contributed by atoms with Crippen molar-refractivity contribution in [3.63, 3.8) is 0 Å². The summed E-state index contributed by atoms with van der Waals surface area (Å²) in [5.41, 5.74) is 0.736. The summed E-state index contributed by atoms with van der Waals surface area (Å²) in [5, 5.41) is 2.56. The first kappa shape index (κ1) is 15.6. The van der Waals surface area contributed by atoms with Crippen LogP contribution in [0, 0.1) is 5.82 Å². The van der Waals surface area contributed by atoms with Crippen LogP contribution in [0.1, 0.15) is 20.7 Å². The van der Waals surface area contributed by atoms with E-state index in [1.54, 1.807) is 37.3 Å². The van der Waals surface area contributed by atoms with Gasteiger partial charge in [0.15, 0.2) is 5.78 Å². The fourth-order valence-electron chi connectivity index (χ4n) is 1.92. The number of hydrogen-bond acceptors (Lipinski definition) is 4. The third-order valence-corrected chi connectivity index (χ3v) is 3.03. The van der Waals surface area contributed by atoms with Gasteiger partial charge in [-0.1, -0.05) is 0 Å². The summed E-state index contributed by atoms with van der Waals surface area (Å²) in [5.74, 6) is -0.559. The topological polar surface area (TPSA) is 62.3 Å². The molecule has 6 heteroatoms. The first-order valence-corrected chi connectivity index (χ1v) is 6.68. The third kappa shape index (κ3) is 3.66. The molecule has 0 saturated heterocycles. The number of benzene rings is 1. The van der Waals surface area contributed by atoms with Gasteiger partial charge in [-0.2, -0.15) is 0 Å². The maximum absolute atomic E-state index is 12.8. The van der Waals surface area contributed by atoms with E-state index in [0.29, 0.717) is 16.9 Å². The summed E-state index contributed by atoms with van der Waals surface area (Å²) in [4.78, 5) is 30.0. The zero-order valence-corrected chi connectivity index (χ0v) is 12.3. The normalized spacial score (nSPS) is 10.1. The van der Waals surface area contributed by atoms with Crippen molar-refractivity contribution in [3.8, 4) is 0 Å². The zero-order chi connectivity index (χ0) is 16.1. The summed E-state index contributed by atoms with van der Waals surface area (Å²) in [6.07, 6.45) is 1.59. The number of carbonyl (C=O) groups is 2. The number of anilines is 1. The molecule has 1 aromatic carbocycles. The summed E-state index contributed by atoms with van der Waals surface area (Å²) < 4.78 is 12.8. The van der Waals surface area contributed by atoms with Crippen LogP contribution in [-0.2, 0) is 0 Å². The SMILES string of the molecule is CN(C)c1ncccc1C(=O)NCC(=O)c1ccc(F)cc1. The number of aromatic nitrogens is 1. The van der Waals surface area contributed by atoms with E-state index in [1.807, 2.05) is 0 Å². The van der Waals surface area contributed by atoms with Crippen LogP contribution >= 0.6 is 0 Å². The number of hydrogen-bond donors (Lipinski definition) is 1. The number of Topliss-reactive ketones (excluding diaryl/α,β-unsaturated/α-hetero) is 1. The fourth-order valence-corrected chi connectivity index (χ4v) is 1.92. The third-order valence-electron chi connectivity index (χ3n) is 3.03. The molecule has 1 N–H and O–H groups in total. The Kier molecular flexibility index (Phi) is 4.83. The van der Waals surface area contributed by atoms with Crippen LogP contribution in [0.3, 0.4) is 0 Å². The Hall–Kier alpha value is -2.76. The number of amides is 1. The van der Waals surface area contributed by atoms with Crippen molar-refractivity contribution < 1.29 is 14.0 Å². The van der Waals surface area contributed by atoms with Crippen molar-refractivity contribution in [2.24, 2.45) is 0 Å². The van der Waals surface area contributed by atoms with Crippen molar-refractivity contribution in [2.75, 3.05) is 25.5 Å². The number of carbonyl (C=O) groups excluding carboxylic acids is 2. The van der Waals surface area contributed by atoms with Crippen molar-refractivity contribution in [2.45, 2.75) is 0 Å². The molecule has 0 atom stereocenters. The molecule has 1 aromatic heterocycles. The first-order valence-electron chi connectivity index (χ1n) is 6.68. The van der Waals surface area contributed by atoms with Gasteiger partial charge in [0.1, 0.15) is 11.6 Å². The largest absolute Gasteiger partial charge is 0.362 e. The van der Waals surface area contributed by atoms with Gasteiger partial charge in [-0.05, 0) is 36.4 Å². The molecule has 0 unspecified atom stereocenters. The minimum atomic E-state index is -0.411. The van der Waals surface area contributed by atoms with E-state index in [2.05, 4.69) is 10.3 Å². The number of nitrogens with zero attached hydrogens (tertiary/aromatic N) is 2. The lowest BCUT2D eigenvalue weighted by molar-refractivity contribution is 0.0904. The molecule has 0 fully saturated rings. The van der Waals surface area contributed by atoms with E-state index < -0.39 is 5.82 Å². The predicted octanol–water partition coefficient (Wildman–Crippen LogP) is 1.90. The molecule has 2 rings (SSSR count). The first-order chi connectivity index (χ1) is 10.5. The van der Waals surface area contributed by atoms with Crippen molar-refractivity contribution in [3.05, 3.63) is 59.5 Å². The smallest absolute Gasteiger partial charge is 0.255 e. The van der Waals surface area contributed by atoms with Gasteiger partial charge in [0.05, 0.1) is 12.1 Å².